The molecule has 1 aliphatic heterocycles. The number of methoxy groups -OCH3 is 1. The van der Waals surface area contributed by atoms with Crippen LogP contribution in [0.25, 0.3) is 0 Å². The zero-order valence-corrected chi connectivity index (χ0v) is 11.6. The van der Waals surface area contributed by atoms with Crippen molar-refractivity contribution in [3.8, 4) is 0 Å². The van der Waals surface area contributed by atoms with Gasteiger partial charge in [-0.1, -0.05) is 0 Å². The fraction of sp³-hybridized carbons (Fsp3) is 0.833. The SMILES string of the molecule is COCCOCCNC(=O)NCC1CCC(C(=O)O)O1. The molecule has 0 bridgehead atoms. The molecule has 0 spiro atoms. The van der Waals surface area contributed by atoms with Crippen molar-refractivity contribution < 1.29 is 28.9 Å². The molecule has 0 aromatic carbocycles. The highest BCUT2D eigenvalue weighted by Gasteiger charge is 2.30. The molecule has 1 aliphatic rings. The minimum Gasteiger partial charge on any atom is -0.479 e. The second-order valence-electron chi connectivity index (χ2n) is 4.40. The van der Waals surface area contributed by atoms with E-state index in [1.165, 1.54) is 0 Å². The summed E-state index contributed by atoms with van der Waals surface area (Å²) in [6.45, 7) is 2.14. The first-order valence-electron chi connectivity index (χ1n) is 6.60. The number of amides is 2. The molecule has 0 aromatic heterocycles. The Hall–Kier alpha value is -1.38. The van der Waals surface area contributed by atoms with Crippen LogP contribution in [0.3, 0.4) is 0 Å². The van der Waals surface area contributed by atoms with Crippen molar-refractivity contribution in [1.82, 2.24) is 10.6 Å². The summed E-state index contributed by atoms with van der Waals surface area (Å²) in [5, 5.41) is 14.0. The fourth-order valence-corrected chi connectivity index (χ4v) is 1.79. The van der Waals surface area contributed by atoms with Crippen molar-refractivity contribution in [1.29, 1.82) is 0 Å². The largest absolute Gasteiger partial charge is 0.479 e. The van der Waals surface area contributed by atoms with Gasteiger partial charge in [0.15, 0.2) is 6.10 Å². The lowest BCUT2D eigenvalue weighted by Crippen LogP contribution is -2.41. The summed E-state index contributed by atoms with van der Waals surface area (Å²) in [5.74, 6) is -0.954. The topological polar surface area (TPSA) is 106 Å². The molecule has 8 nitrogen and oxygen atoms in total. The van der Waals surface area contributed by atoms with Crippen molar-refractivity contribution in [2.75, 3.05) is 40.0 Å². The van der Waals surface area contributed by atoms with Gasteiger partial charge in [0, 0.05) is 20.2 Å². The Morgan fingerprint density at radius 3 is 2.70 bits per heavy atom. The molecular weight excluding hydrogens is 268 g/mol. The molecular formula is C12H22N2O6. The highest BCUT2D eigenvalue weighted by molar-refractivity contribution is 5.74. The molecule has 2 amide bonds. The third-order valence-electron chi connectivity index (χ3n) is 2.84. The Balaban J connectivity index is 1.99. The number of hydrogen-bond acceptors (Lipinski definition) is 5. The highest BCUT2D eigenvalue weighted by Crippen LogP contribution is 2.18. The van der Waals surface area contributed by atoms with Crippen LogP contribution in [0.2, 0.25) is 0 Å². The normalized spacial score (nSPS) is 21.6. The van der Waals surface area contributed by atoms with Gasteiger partial charge in [0.2, 0.25) is 0 Å². The predicted octanol–water partition coefficient (Wildman–Crippen LogP) is -0.419. The van der Waals surface area contributed by atoms with Crippen LogP contribution in [0.4, 0.5) is 4.79 Å². The Morgan fingerprint density at radius 2 is 2.05 bits per heavy atom. The van der Waals surface area contributed by atoms with E-state index in [0.717, 1.165) is 0 Å². The number of aliphatic carboxylic acids is 1. The second-order valence-corrected chi connectivity index (χ2v) is 4.40. The predicted molar refractivity (Wildman–Crippen MR) is 69.6 cm³/mol. The van der Waals surface area contributed by atoms with Gasteiger partial charge >= 0.3 is 12.0 Å². The van der Waals surface area contributed by atoms with E-state index in [0.29, 0.717) is 45.8 Å². The smallest absolute Gasteiger partial charge is 0.332 e. The molecule has 1 saturated heterocycles. The van der Waals surface area contributed by atoms with Crippen LogP contribution in [-0.4, -0.2) is 69.3 Å². The van der Waals surface area contributed by atoms with E-state index in [9.17, 15) is 9.59 Å². The number of rotatable bonds is 9. The minimum absolute atomic E-state index is 0.236. The maximum Gasteiger partial charge on any atom is 0.332 e. The number of carbonyl (C=O) groups excluding carboxylic acids is 1. The third-order valence-corrected chi connectivity index (χ3v) is 2.84. The maximum atomic E-state index is 11.4. The van der Waals surface area contributed by atoms with Gasteiger partial charge in [-0.15, -0.1) is 0 Å². The number of carboxylic acid groups (broad SMARTS) is 1. The summed E-state index contributed by atoms with van der Waals surface area (Å²) < 4.78 is 15.3. The van der Waals surface area contributed by atoms with Gasteiger partial charge in [-0.05, 0) is 12.8 Å². The third kappa shape index (κ3) is 6.69. The minimum atomic E-state index is -0.954. The van der Waals surface area contributed by atoms with Gasteiger partial charge in [-0.2, -0.15) is 0 Å². The molecule has 3 N–H and O–H groups in total. The van der Waals surface area contributed by atoms with Gasteiger partial charge in [-0.3, -0.25) is 0 Å². The lowest BCUT2D eigenvalue weighted by Gasteiger charge is -2.13. The Bertz CT molecular complexity index is 312. The van der Waals surface area contributed by atoms with Crippen molar-refractivity contribution in [3.63, 3.8) is 0 Å². The molecule has 1 heterocycles. The van der Waals surface area contributed by atoms with Crippen LogP contribution in [0, 0.1) is 0 Å². The van der Waals surface area contributed by atoms with E-state index in [1.807, 2.05) is 0 Å². The molecule has 20 heavy (non-hydrogen) atoms. The summed E-state index contributed by atoms with van der Waals surface area (Å²) in [4.78, 5) is 22.1. The van der Waals surface area contributed by atoms with E-state index in [-0.39, 0.29) is 12.1 Å². The first-order valence-corrected chi connectivity index (χ1v) is 6.60. The maximum absolute atomic E-state index is 11.4. The van der Waals surface area contributed by atoms with Crippen LogP contribution in [0.5, 0.6) is 0 Å². The zero-order valence-electron chi connectivity index (χ0n) is 11.6. The highest BCUT2D eigenvalue weighted by atomic mass is 16.5. The van der Waals surface area contributed by atoms with Crippen molar-refractivity contribution in [2.45, 2.75) is 25.0 Å². The lowest BCUT2D eigenvalue weighted by molar-refractivity contribution is -0.149. The van der Waals surface area contributed by atoms with Crippen LogP contribution in [-0.2, 0) is 19.0 Å². The average Bonchev–Trinajstić information content (AvgIpc) is 2.89. The summed E-state index contributed by atoms with van der Waals surface area (Å²) in [7, 11) is 1.59. The molecule has 8 heteroatoms. The van der Waals surface area contributed by atoms with Crippen molar-refractivity contribution >= 4 is 12.0 Å². The Morgan fingerprint density at radius 1 is 1.25 bits per heavy atom. The molecule has 116 valence electrons. The molecule has 0 saturated carbocycles. The number of carboxylic acids is 1. The second kappa shape index (κ2) is 9.51. The van der Waals surface area contributed by atoms with Crippen molar-refractivity contribution in [3.05, 3.63) is 0 Å². The average molecular weight is 290 g/mol. The molecule has 1 rings (SSSR count). The summed E-state index contributed by atoms with van der Waals surface area (Å²) >= 11 is 0. The van der Waals surface area contributed by atoms with E-state index in [2.05, 4.69) is 10.6 Å². The lowest BCUT2D eigenvalue weighted by atomic mass is 10.2. The van der Waals surface area contributed by atoms with Gasteiger partial charge in [-0.25, -0.2) is 9.59 Å². The van der Waals surface area contributed by atoms with Crippen LogP contribution in [0.1, 0.15) is 12.8 Å². The quantitative estimate of drug-likeness (QED) is 0.498. The van der Waals surface area contributed by atoms with Crippen LogP contribution < -0.4 is 10.6 Å². The number of nitrogens with one attached hydrogen (secondary N) is 2. The first-order chi connectivity index (χ1) is 9.63. The zero-order chi connectivity index (χ0) is 14.8. The van der Waals surface area contributed by atoms with E-state index in [4.69, 9.17) is 19.3 Å². The molecule has 1 fully saturated rings. The van der Waals surface area contributed by atoms with E-state index >= 15 is 0 Å². The molecule has 0 aromatic rings. The summed E-state index contributed by atoms with van der Waals surface area (Å²) in [5.41, 5.74) is 0. The molecule has 0 radical (unpaired) electrons. The van der Waals surface area contributed by atoms with Gasteiger partial charge < -0.3 is 30.0 Å². The van der Waals surface area contributed by atoms with Gasteiger partial charge in [0.05, 0.1) is 25.9 Å². The number of carbonyl (C=O) groups is 2. The Kier molecular flexibility index (Phi) is 7.93. The summed E-state index contributed by atoms with van der Waals surface area (Å²) in [6.07, 6.45) is 0.132. The van der Waals surface area contributed by atoms with Crippen molar-refractivity contribution in [2.24, 2.45) is 0 Å². The first kappa shape index (κ1) is 16.7. The molecule has 2 unspecified atom stereocenters. The fourth-order valence-electron chi connectivity index (χ4n) is 1.79. The van der Waals surface area contributed by atoms with Crippen LogP contribution >= 0.6 is 0 Å². The van der Waals surface area contributed by atoms with Gasteiger partial charge in [0.25, 0.3) is 0 Å². The number of hydrogen-bond donors (Lipinski definition) is 3. The summed E-state index contributed by atoms with van der Waals surface area (Å²) in [6, 6.07) is -0.317. The Labute approximate surface area is 117 Å². The molecule has 2 atom stereocenters. The number of ether oxygens (including phenoxy) is 3. The van der Waals surface area contributed by atoms with E-state index < -0.39 is 12.1 Å². The monoisotopic (exact) mass is 290 g/mol. The number of urea groups is 1. The van der Waals surface area contributed by atoms with Crippen LogP contribution in [0.15, 0.2) is 0 Å². The van der Waals surface area contributed by atoms with Gasteiger partial charge in [0.1, 0.15) is 0 Å². The molecule has 0 aliphatic carbocycles. The van der Waals surface area contributed by atoms with E-state index in [1.54, 1.807) is 7.11 Å². The standard InChI is InChI=1S/C12H22N2O6/c1-18-6-7-19-5-4-13-12(17)14-8-9-2-3-10(20-9)11(15)16/h9-10H,2-8H2,1H3,(H,15,16)(H2,13,14,17).